The van der Waals surface area contributed by atoms with Crippen molar-refractivity contribution in [3.63, 3.8) is 0 Å². The summed E-state index contributed by atoms with van der Waals surface area (Å²) in [6.45, 7) is 5.49. The molecule has 0 aliphatic carbocycles. The zero-order chi connectivity index (χ0) is 19.3. The minimum atomic E-state index is -1.07. The van der Waals surface area contributed by atoms with Crippen LogP contribution in [0.5, 0.6) is 11.5 Å². The Kier molecular flexibility index (Phi) is 6.22. The van der Waals surface area contributed by atoms with Crippen molar-refractivity contribution in [2.75, 3.05) is 12.4 Å². The summed E-state index contributed by atoms with van der Waals surface area (Å²) in [5, 5.41) is 12.0. The molecule has 2 N–H and O–H groups in total. The summed E-state index contributed by atoms with van der Waals surface area (Å²) < 4.78 is 10.9. The molecule has 1 unspecified atom stereocenters. The number of ether oxygens (including phenoxy) is 2. The van der Waals surface area contributed by atoms with Crippen molar-refractivity contribution >= 4 is 17.6 Å². The Labute approximate surface area is 152 Å². The zero-order valence-corrected chi connectivity index (χ0v) is 15.3. The van der Waals surface area contributed by atoms with Gasteiger partial charge in [0.2, 0.25) is 5.91 Å². The number of aromatic carboxylic acids is 1. The van der Waals surface area contributed by atoms with Gasteiger partial charge in [0.05, 0.1) is 30.4 Å². The van der Waals surface area contributed by atoms with Crippen LogP contribution < -0.4 is 14.8 Å². The van der Waals surface area contributed by atoms with Crippen LogP contribution in [0.3, 0.4) is 0 Å². The normalized spacial score (nSPS) is 11.7. The van der Waals surface area contributed by atoms with Gasteiger partial charge in [-0.25, -0.2) is 4.79 Å². The van der Waals surface area contributed by atoms with Crippen LogP contribution in [0.4, 0.5) is 5.69 Å². The lowest BCUT2D eigenvalue weighted by Gasteiger charge is -2.18. The van der Waals surface area contributed by atoms with Crippen LogP contribution in [-0.2, 0) is 4.79 Å². The van der Waals surface area contributed by atoms with Crippen molar-refractivity contribution in [3.05, 3.63) is 53.6 Å². The Morgan fingerprint density at radius 2 is 1.81 bits per heavy atom. The van der Waals surface area contributed by atoms with Gasteiger partial charge in [0.15, 0.2) is 0 Å². The fourth-order valence-electron chi connectivity index (χ4n) is 2.42. The lowest BCUT2D eigenvalue weighted by molar-refractivity contribution is -0.117. The van der Waals surface area contributed by atoms with Crippen molar-refractivity contribution in [2.45, 2.75) is 32.8 Å². The van der Waals surface area contributed by atoms with Gasteiger partial charge in [0.1, 0.15) is 11.5 Å². The van der Waals surface area contributed by atoms with Crippen molar-refractivity contribution in [1.82, 2.24) is 0 Å². The third kappa shape index (κ3) is 4.75. The molecule has 0 saturated carbocycles. The molecule has 2 aromatic rings. The highest BCUT2D eigenvalue weighted by Gasteiger charge is 2.19. The lowest BCUT2D eigenvalue weighted by Crippen LogP contribution is -2.20. The summed E-state index contributed by atoms with van der Waals surface area (Å²) in [4.78, 5) is 23.9. The van der Waals surface area contributed by atoms with Crippen molar-refractivity contribution in [1.29, 1.82) is 0 Å². The number of benzene rings is 2. The maximum Gasteiger partial charge on any atom is 0.335 e. The molecule has 6 heteroatoms. The van der Waals surface area contributed by atoms with Gasteiger partial charge < -0.3 is 19.9 Å². The number of rotatable bonds is 7. The average Bonchev–Trinajstić information content (AvgIpc) is 2.61. The number of nitrogens with one attached hydrogen (secondary N) is 1. The van der Waals surface area contributed by atoms with Gasteiger partial charge in [0.25, 0.3) is 0 Å². The number of amides is 1. The van der Waals surface area contributed by atoms with Crippen LogP contribution in [0, 0.1) is 0 Å². The SMILES string of the molecule is COc1cccc(C(C)C(=O)Nc2cc(C(=O)O)ccc2OC(C)C)c1. The zero-order valence-electron chi connectivity index (χ0n) is 15.3. The largest absolute Gasteiger partial charge is 0.497 e. The molecule has 0 spiro atoms. The first-order valence-electron chi connectivity index (χ1n) is 8.30. The molecule has 0 radical (unpaired) electrons. The Hall–Kier alpha value is -3.02. The van der Waals surface area contributed by atoms with E-state index in [0.717, 1.165) is 5.56 Å². The van der Waals surface area contributed by atoms with E-state index in [1.54, 1.807) is 32.2 Å². The molecular weight excluding hydrogens is 334 g/mol. The summed E-state index contributed by atoms with van der Waals surface area (Å²) in [5.74, 6) is -0.702. The number of carboxylic acids is 1. The molecule has 2 rings (SSSR count). The van der Waals surface area contributed by atoms with Gasteiger partial charge in [-0.3, -0.25) is 4.79 Å². The molecule has 138 valence electrons. The molecule has 2 aromatic carbocycles. The van der Waals surface area contributed by atoms with E-state index in [9.17, 15) is 14.7 Å². The molecule has 6 nitrogen and oxygen atoms in total. The van der Waals surface area contributed by atoms with E-state index < -0.39 is 11.9 Å². The van der Waals surface area contributed by atoms with Gasteiger partial charge in [0, 0.05) is 0 Å². The predicted octanol–water partition coefficient (Wildman–Crippen LogP) is 3.92. The number of carboxylic acid groups (broad SMARTS) is 1. The van der Waals surface area contributed by atoms with Crippen LogP contribution in [0.2, 0.25) is 0 Å². The van der Waals surface area contributed by atoms with Gasteiger partial charge in [-0.05, 0) is 56.7 Å². The molecular formula is C20H23NO5. The Balaban J connectivity index is 2.28. The number of anilines is 1. The number of hydrogen-bond acceptors (Lipinski definition) is 4. The van der Waals surface area contributed by atoms with Crippen LogP contribution in [0.15, 0.2) is 42.5 Å². The molecule has 1 atom stereocenters. The van der Waals surface area contributed by atoms with Gasteiger partial charge >= 0.3 is 5.97 Å². The second-order valence-electron chi connectivity index (χ2n) is 6.17. The predicted molar refractivity (Wildman–Crippen MR) is 99.2 cm³/mol. The molecule has 0 aromatic heterocycles. The third-order valence-electron chi connectivity index (χ3n) is 3.83. The molecule has 26 heavy (non-hydrogen) atoms. The van der Waals surface area contributed by atoms with E-state index in [0.29, 0.717) is 17.2 Å². The summed E-state index contributed by atoms with van der Waals surface area (Å²) in [7, 11) is 1.57. The number of methoxy groups -OCH3 is 1. The Bertz CT molecular complexity index is 801. The van der Waals surface area contributed by atoms with Crippen molar-refractivity contribution in [3.8, 4) is 11.5 Å². The first kappa shape index (κ1) is 19.3. The summed E-state index contributed by atoms with van der Waals surface area (Å²) in [6, 6.07) is 11.7. The van der Waals surface area contributed by atoms with Gasteiger partial charge in [-0.2, -0.15) is 0 Å². The number of hydrogen-bond donors (Lipinski definition) is 2. The van der Waals surface area contributed by atoms with E-state index in [4.69, 9.17) is 9.47 Å². The van der Waals surface area contributed by atoms with Crippen LogP contribution in [0.1, 0.15) is 42.6 Å². The van der Waals surface area contributed by atoms with E-state index in [2.05, 4.69) is 5.32 Å². The van der Waals surface area contributed by atoms with Crippen molar-refractivity contribution in [2.24, 2.45) is 0 Å². The van der Waals surface area contributed by atoms with E-state index in [1.807, 2.05) is 26.0 Å². The Morgan fingerprint density at radius 3 is 2.42 bits per heavy atom. The standard InChI is InChI=1S/C20H23NO5/c1-12(2)26-18-9-8-15(20(23)24)11-17(18)21-19(22)13(3)14-6-5-7-16(10-14)25-4/h5-13H,1-4H3,(H,21,22)(H,23,24). The molecule has 1 amide bonds. The minimum absolute atomic E-state index is 0.0745. The second-order valence-corrected chi connectivity index (χ2v) is 6.17. The highest BCUT2D eigenvalue weighted by molar-refractivity contribution is 5.98. The molecule has 0 fully saturated rings. The second kappa shape index (κ2) is 8.38. The molecule has 0 aliphatic heterocycles. The fourth-order valence-corrected chi connectivity index (χ4v) is 2.42. The van der Waals surface area contributed by atoms with Gasteiger partial charge in [-0.1, -0.05) is 12.1 Å². The highest BCUT2D eigenvalue weighted by Crippen LogP contribution is 2.29. The molecule has 0 saturated heterocycles. The van der Waals surface area contributed by atoms with Crippen LogP contribution >= 0.6 is 0 Å². The van der Waals surface area contributed by atoms with Gasteiger partial charge in [-0.15, -0.1) is 0 Å². The topological polar surface area (TPSA) is 84.9 Å². The molecule has 0 heterocycles. The van der Waals surface area contributed by atoms with E-state index >= 15 is 0 Å². The highest BCUT2D eigenvalue weighted by atomic mass is 16.5. The lowest BCUT2D eigenvalue weighted by atomic mass is 10.00. The average molecular weight is 357 g/mol. The summed E-state index contributed by atoms with van der Waals surface area (Å²) in [6.07, 6.45) is -0.114. The monoisotopic (exact) mass is 357 g/mol. The van der Waals surface area contributed by atoms with Crippen molar-refractivity contribution < 1.29 is 24.2 Å². The Morgan fingerprint density at radius 1 is 1.08 bits per heavy atom. The first-order chi connectivity index (χ1) is 12.3. The molecule has 0 aliphatic rings. The summed E-state index contributed by atoms with van der Waals surface area (Å²) >= 11 is 0. The van der Waals surface area contributed by atoms with E-state index in [1.165, 1.54) is 12.1 Å². The van der Waals surface area contributed by atoms with Crippen LogP contribution in [-0.4, -0.2) is 30.2 Å². The minimum Gasteiger partial charge on any atom is -0.497 e. The smallest absolute Gasteiger partial charge is 0.335 e. The quantitative estimate of drug-likeness (QED) is 0.784. The number of carbonyl (C=O) groups is 2. The third-order valence-corrected chi connectivity index (χ3v) is 3.83. The maximum atomic E-state index is 12.7. The van der Waals surface area contributed by atoms with Crippen LogP contribution in [0.25, 0.3) is 0 Å². The maximum absolute atomic E-state index is 12.7. The number of carbonyl (C=O) groups excluding carboxylic acids is 1. The molecule has 0 bridgehead atoms. The van der Waals surface area contributed by atoms with E-state index in [-0.39, 0.29) is 17.6 Å². The fraction of sp³-hybridized carbons (Fsp3) is 0.300. The first-order valence-corrected chi connectivity index (χ1v) is 8.30. The summed E-state index contributed by atoms with van der Waals surface area (Å²) in [5.41, 5.74) is 1.20.